The molecule has 0 heterocycles. The van der Waals surface area contributed by atoms with Crippen LogP contribution in [0, 0.1) is 0 Å². The van der Waals surface area contributed by atoms with Crippen molar-refractivity contribution < 1.29 is 4.79 Å². The van der Waals surface area contributed by atoms with Crippen LogP contribution in [-0.2, 0) is 4.79 Å². The normalized spacial score (nSPS) is 11.4. The fraction of sp³-hybridized carbons (Fsp3) is 0.400. The van der Waals surface area contributed by atoms with Crippen molar-refractivity contribution in [2.45, 2.75) is 26.7 Å². The third-order valence-electron chi connectivity index (χ3n) is 2.71. The van der Waals surface area contributed by atoms with Crippen molar-refractivity contribution in [3.63, 3.8) is 0 Å². The fourth-order valence-electron chi connectivity index (χ4n) is 1.66. The van der Waals surface area contributed by atoms with E-state index in [0.29, 0.717) is 0 Å². The molecule has 0 saturated carbocycles. The molecule has 0 spiro atoms. The zero-order chi connectivity index (χ0) is 12.7. The number of unbranched alkanes of at least 4 members (excludes halogenated alkanes) is 1. The van der Waals surface area contributed by atoms with Gasteiger partial charge in [-0.3, -0.25) is 4.79 Å². The smallest absolute Gasteiger partial charge is 0.249 e. The van der Waals surface area contributed by atoms with E-state index in [2.05, 4.69) is 6.92 Å². The summed E-state index contributed by atoms with van der Waals surface area (Å²) in [6, 6.07) is 9.93. The average Bonchev–Trinajstić information content (AvgIpc) is 2.36. The molecular weight excluding hydrogens is 210 g/mol. The molecule has 1 aromatic rings. The second kappa shape index (κ2) is 6.89. The number of likely N-dealkylation sites (N-methyl/N-ethyl adjacent to an activating group) is 1. The maximum atomic E-state index is 12.0. The number of rotatable bonds is 5. The first-order chi connectivity index (χ1) is 8.15. The summed E-state index contributed by atoms with van der Waals surface area (Å²) in [5, 5.41) is 0. The Balaban J connectivity index is 2.66. The minimum atomic E-state index is 0.113. The van der Waals surface area contributed by atoms with Gasteiger partial charge in [0.1, 0.15) is 0 Å². The van der Waals surface area contributed by atoms with E-state index in [0.717, 1.165) is 30.5 Å². The van der Waals surface area contributed by atoms with Crippen molar-refractivity contribution in [1.82, 2.24) is 4.90 Å². The Morgan fingerprint density at radius 2 is 1.94 bits per heavy atom. The van der Waals surface area contributed by atoms with E-state index >= 15 is 0 Å². The molecule has 0 aliphatic heterocycles. The Morgan fingerprint density at radius 3 is 2.53 bits per heavy atom. The van der Waals surface area contributed by atoms with Gasteiger partial charge in [-0.1, -0.05) is 43.7 Å². The molecule has 0 saturated heterocycles. The standard InChI is InChI=1S/C15H21NO/c1-4-5-11-16(3)15(17)13(2)12-14-9-7-6-8-10-14/h6-10,12H,4-5,11H2,1-3H3/b13-12+. The quantitative estimate of drug-likeness (QED) is 0.712. The monoisotopic (exact) mass is 231 g/mol. The van der Waals surface area contributed by atoms with Gasteiger partial charge in [0.2, 0.25) is 5.91 Å². The highest BCUT2D eigenvalue weighted by molar-refractivity contribution is 5.97. The molecule has 2 nitrogen and oxygen atoms in total. The maximum absolute atomic E-state index is 12.0. The van der Waals surface area contributed by atoms with Gasteiger partial charge in [0.05, 0.1) is 0 Å². The van der Waals surface area contributed by atoms with E-state index in [1.54, 1.807) is 4.90 Å². The largest absolute Gasteiger partial charge is 0.342 e. The molecule has 0 aliphatic carbocycles. The van der Waals surface area contributed by atoms with E-state index in [4.69, 9.17) is 0 Å². The molecule has 0 aromatic heterocycles. The van der Waals surface area contributed by atoms with Gasteiger partial charge in [0.15, 0.2) is 0 Å². The first-order valence-corrected chi connectivity index (χ1v) is 6.14. The second-order valence-corrected chi connectivity index (χ2v) is 4.32. The molecule has 0 fully saturated rings. The molecule has 0 unspecified atom stereocenters. The molecule has 0 aliphatic rings. The van der Waals surface area contributed by atoms with Crippen molar-refractivity contribution in [3.05, 3.63) is 41.5 Å². The Kier molecular flexibility index (Phi) is 5.47. The van der Waals surface area contributed by atoms with Crippen LogP contribution < -0.4 is 0 Å². The van der Waals surface area contributed by atoms with Crippen LogP contribution in [-0.4, -0.2) is 24.4 Å². The van der Waals surface area contributed by atoms with Crippen LogP contribution in [0.4, 0.5) is 0 Å². The highest BCUT2D eigenvalue weighted by Gasteiger charge is 2.09. The Hall–Kier alpha value is -1.57. The van der Waals surface area contributed by atoms with Crippen LogP contribution in [0.25, 0.3) is 6.08 Å². The van der Waals surface area contributed by atoms with Crippen LogP contribution in [0.3, 0.4) is 0 Å². The molecule has 92 valence electrons. The summed E-state index contributed by atoms with van der Waals surface area (Å²) < 4.78 is 0. The van der Waals surface area contributed by atoms with Gasteiger partial charge in [-0.05, 0) is 25.0 Å². The van der Waals surface area contributed by atoms with Crippen molar-refractivity contribution in [3.8, 4) is 0 Å². The summed E-state index contributed by atoms with van der Waals surface area (Å²) in [5.74, 6) is 0.113. The van der Waals surface area contributed by atoms with Crippen molar-refractivity contribution in [1.29, 1.82) is 0 Å². The van der Waals surface area contributed by atoms with Gasteiger partial charge in [-0.2, -0.15) is 0 Å². The zero-order valence-electron chi connectivity index (χ0n) is 10.9. The highest BCUT2D eigenvalue weighted by Crippen LogP contribution is 2.08. The lowest BCUT2D eigenvalue weighted by Gasteiger charge is -2.16. The lowest BCUT2D eigenvalue weighted by atomic mass is 10.1. The van der Waals surface area contributed by atoms with E-state index in [1.165, 1.54) is 0 Å². The van der Waals surface area contributed by atoms with Gasteiger partial charge in [-0.15, -0.1) is 0 Å². The predicted molar refractivity (Wildman–Crippen MR) is 72.6 cm³/mol. The molecular formula is C15H21NO. The summed E-state index contributed by atoms with van der Waals surface area (Å²) in [5.41, 5.74) is 1.86. The predicted octanol–water partition coefficient (Wildman–Crippen LogP) is 3.35. The summed E-state index contributed by atoms with van der Waals surface area (Å²) in [6.07, 6.45) is 4.10. The number of amides is 1. The molecule has 1 rings (SSSR count). The second-order valence-electron chi connectivity index (χ2n) is 4.32. The number of nitrogens with zero attached hydrogens (tertiary/aromatic N) is 1. The third kappa shape index (κ3) is 4.43. The van der Waals surface area contributed by atoms with Gasteiger partial charge in [-0.25, -0.2) is 0 Å². The summed E-state index contributed by atoms with van der Waals surface area (Å²) in [4.78, 5) is 13.8. The first-order valence-electron chi connectivity index (χ1n) is 6.14. The molecule has 2 heteroatoms. The SMILES string of the molecule is CCCCN(C)C(=O)/C(C)=C/c1ccccc1. The highest BCUT2D eigenvalue weighted by atomic mass is 16.2. The van der Waals surface area contributed by atoms with Crippen LogP contribution in [0.1, 0.15) is 32.3 Å². The molecule has 0 radical (unpaired) electrons. The molecule has 17 heavy (non-hydrogen) atoms. The summed E-state index contributed by atoms with van der Waals surface area (Å²) in [7, 11) is 1.86. The van der Waals surface area contributed by atoms with Gasteiger partial charge in [0, 0.05) is 19.2 Å². The Morgan fingerprint density at radius 1 is 1.29 bits per heavy atom. The van der Waals surface area contributed by atoms with Crippen molar-refractivity contribution in [2.75, 3.05) is 13.6 Å². The molecule has 0 N–H and O–H groups in total. The lowest BCUT2D eigenvalue weighted by Crippen LogP contribution is -2.28. The Labute approximate surface area is 104 Å². The van der Waals surface area contributed by atoms with E-state index in [1.807, 2.05) is 50.4 Å². The van der Waals surface area contributed by atoms with Crippen LogP contribution in [0.15, 0.2) is 35.9 Å². The Bertz CT molecular complexity index is 381. The van der Waals surface area contributed by atoms with E-state index < -0.39 is 0 Å². The summed E-state index contributed by atoms with van der Waals surface area (Å²) in [6.45, 7) is 4.83. The minimum Gasteiger partial charge on any atom is -0.342 e. The lowest BCUT2D eigenvalue weighted by molar-refractivity contribution is -0.125. The fourth-order valence-corrected chi connectivity index (χ4v) is 1.66. The number of benzene rings is 1. The maximum Gasteiger partial charge on any atom is 0.249 e. The van der Waals surface area contributed by atoms with Gasteiger partial charge in [0.25, 0.3) is 0 Å². The van der Waals surface area contributed by atoms with Crippen LogP contribution in [0.5, 0.6) is 0 Å². The average molecular weight is 231 g/mol. The van der Waals surface area contributed by atoms with Crippen LogP contribution >= 0.6 is 0 Å². The van der Waals surface area contributed by atoms with E-state index in [-0.39, 0.29) is 5.91 Å². The van der Waals surface area contributed by atoms with Gasteiger partial charge >= 0.3 is 0 Å². The zero-order valence-corrected chi connectivity index (χ0v) is 10.9. The number of hydrogen-bond acceptors (Lipinski definition) is 1. The minimum absolute atomic E-state index is 0.113. The van der Waals surface area contributed by atoms with Crippen molar-refractivity contribution in [2.24, 2.45) is 0 Å². The van der Waals surface area contributed by atoms with Crippen LogP contribution in [0.2, 0.25) is 0 Å². The molecule has 0 atom stereocenters. The van der Waals surface area contributed by atoms with E-state index in [9.17, 15) is 4.79 Å². The molecule has 0 bridgehead atoms. The molecule has 1 amide bonds. The summed E-state index contributed by atoms with van der Waals surface area (Å²) >= 11 is 0. The topological polar surface area (TPSA) is 20.3 Å². The van der Waals surface area contributed by atoms with Gasteiger partial charge < -0.3 is 4.90 Å². The number of hydrogen-bond donors (Lipinski definition) is 0. The van der Waals surface area contributed by atoms with Crippen molar-refractivity contribution >= 4 is 12.0 Å². The number of carbonyl (C=O) groups excluding carboxylic acids is 1. The number of carbonyl (C=O) groups is 1. The molecule has 1 aromatic carbocycles. The third-order valence-corrected chi connectivity index (χ3v) is 2.71. The first kappa shape index (κ1) is 13.5.